The van der Waals surface area contributed by atoms with Gasteiger partial charge in [-0.25, -0.2) is 0 Å². The van der Waals surface area contributed by atoms with Crippen LogP contribution in [0.2, 0.25) is 5.22 Å². The predicted octanol–water partition coefficient (Wildman–Crippen LogP) is 4.35. The smallest absolute Gasteiger partial charge is 0.198 e. The van der Waals surface area contributed by atoms with Gasteiger partial charge in [-0.3, -0.25) is 0 Å². The van der Waals surface area contributed by atoms with Crippen molar-refractivity contribution in [2.24, 2.45) is 0 Å². The largest absolute Gasteiger partial charge is 0.493 e. The van der Waals surface area contributed by atoms with Crippen molar-refractivity contribution in [2.45, 2.75) is 32.2 Å². The normalized spacial score (nSPS) is 15.3. The second-order valence-corrected chi connectivity index (χ2v) is 5.67. The van der Waals surface area contributed by atoms with Gasteiger partial charge in [-0.05, 0) is 49.0 Å². The third-order valence-electron chi connectivity index (χ3n) is 3.83. The summed E-state index contributed by atoms with van der Waals surface area (Å²) in [6.45, 7) is 3.84. The number of hydrogen-bond donors (Lipinski definition) is 1. The van der Waals surface area contributed by atoms with Crippen LogP contribution in [0.1, 0.15) is 42.5 Å². The SMILES string of the molecule is CCCNC(c1ccoc1Cl)c1cccc2c1OCCC2. The molecule has 21 heavy (non-hydrogen) atoms. The van der Waals surface area contributed by atoms with E-state index in [9.17, 15) is 0 Å². The first-order valence-electron chi connectivity index (χ1n) is 7.52. The highest BCUT2D eigenvalue weighted by atomic mass is 35.5. The van der Waals surface area contributed by atoms with Crippen molar-refractivity contribution in [3.8, 4) is 5.75 Å². The van der Waals surface area contributed by atoms with Gasteiger partial charge >= 0.3 is 0 Å². The van der Waals surface area contributed by atoms with E-state index in [2.05, 4.69) is 30.4 Å². The number of nitrogens with one attached hydrogen (secondary N) is 1. The Morgan fingerprint density at radius 1 is 1.29 bits per heavy atom. The van der Waals surface area contributed by atoms with Gasteiger partial charge in [-0.2, -0.15) is 0 Å². The third-order valence-corrected chi connectivity index (χ3v) is 4.14. The van der Waals surface area contributed by atoms with E-state index < -0.39 is 0 Å². The Labute approximate surface area is 130 Å². The van der Waals surface area contributed by atoms with E-state index in [-0.39, 0.29) is 6.04 Å². The number of rotatable bonds is 5. The van der Waals surface area contributed by atoms with Gasteiger partial charge in [0.05, 0.1) is 18.9 Å². The average Bonchev–Trinajstić information content (AvgIpc) is 2.94. The molecule has 0 saturated heterocycles. The lowest BCUT2D eigenvalue weighted by Crippen LogP contribution is -2.24. The third kappa shape index (κ3) is 2.94. The van der Waals surface area contributed by atoms with E-state index in [1.165, 1.54) is 5.56 Å². The molecular weight excluding hydrogens is 286 g/mol. The van der Waals surface area contributed by atoms with Crippen LogP contribution < -0.4 is 10.1 Å². The number of benzene rings is 1. The fourth-order valence-electron chi connectivity index (χ4n) is 2.83. The molecule has 4 heteroatoms. The molecule has 0 radical (unpaired) electrons. The van der Waals surface area contributed by atoms with E-state index in [4.69, 9.17) is 20.8 Å². The van der Waals surface area contributed by atoms with E-state index >= 15 is 0 Å². The molecule has 1 N–H and O–H groups in total. The standard InChI is InChI=1S/C17H20ClNO2/c1-2-9-19-15(14-8-11-21-17(14)18)13-7-3-5-12-6-4-10-20-16(12)13/h3,5,7-8,11,15,19H,2,4,6,9-10H2,1H3. The van der Waals surface area contributed by atoms with Crippen LogP contribution in [0.25, 0.3) is 0 Å². The molecule has 1 aromatic heterocycles. The molecule has 0 saturated carbocycles. The zero-order chi connectivity index (χ0) is 14.7. The molecule has 1 unspecified atom stereocenters. The Kier molecular flexibility index (Phi) is 4.51. The first-order valence-corrected chi connectivity index (χ1v) is 7.90. The van der Waals surface area contributed by atoms with Gasteiger partial charge in [-0.1, -0.05) is 25.1 Å². The number of para-hydroxylation sites is 1. The molecular formula is C17H20ClNO2. The molecule has 3 rings (SSSR count). The summed E-state index contributed by atoms with van der Waals surface area (Å²) in [5.41, 5.74) is 3.39. The zero-order valence-corrected chi connectivity index (χ0v) is 13.0. The first kappa shape index (κ1) is 14.5. The lowest BCUT2D eigenvalue weighted by Gasteiger charge is -2.25. The Hall–Kier alpha value is -1.45. The molecule has 0 fully saturated rings. The lowest BCUT2D eigenvalue weighted by molar-refractivity contribution is 0.283. The minimum Gasteiger partial charge on any atom is -0.493 e. The van der Waals surface area contributed by atoms with Gasteiger partial charge in [0.15, 0.2) is 5.22 Å². The Bertz CT molecular complexity index is 609. The average molecular weight is 306 g/mol. The number of hydrogen-bond acceptors (Lipinski definition) is 3. The maximum Gasteiger partial charge on any atom is 0.198 e. The van der Waals surface area contributed by atoms with Crippen LogP contribution in [-0.2, 0) is 6.42 Å². The van der Waals surface area contributed by atoms with Crippen LogP contribution in [0.15, 0.2) is 34.9 Å². The first-order chi connectivity index (χ1) is 10.3. The highest BCUT2D eigenvalue weighted by molar-refractivity contribution is 6.29. The maximum absolute atomic E-state index is 6.20. The van der Waals surface area contributed by atoms with Gasteiger partial charge in [0.1, 0.15) is 5.75 Å². The zero-order valence-electron chi connectivity index (χ0n) is 12.2. The Balaban J connectivity index is 2.02. The van der Waals surface area contributed by atoms with E-state index in [0.29, 0.717) is 5.22 Å². The molecule has 3 nitrogen and oxygen atoms in total. The second kappa shape index (κ2) is 6.54. The summed E-state index contributed by atoms with van der Waals surface area (Å²) < 4.78 is 11.2. The van der Waals surface area contributed by atoms with Crippen molar-refractivity contribution < 1.29 is 9.15 Å². The van der Waals surface area contributed by atoms with E-state index in [1.807, 2.05) is 6.07 Å². The quantitative estimate of drug-likeness (QED) is 0.892. The summed E-state index contributed by atoms with van der Waals surface area (Å²) >= 11 is 6.20. The van der Waals surface area contributed by atoms with Crippen molar-refractivity contribution in [1.82, 2.24) is 5.32 Å². The summed E-state index contributed by atoms with van der Waals surface area (Å²) in [5, 5.41) is 4.00. The highest BCUT2D eigenvalue weighted by Gasteiger charge is 2.24. The van der Waals surface area contributed by atoms with Gasteiger partial charge in [0.2, 0.25) is 0 Å². The van der Waals surface area contributed by atoms with Crippen LogP contribution in [-0.4, -0.2) is 13.2 Å². The van der Waals surface area contributed by atoms with Crippen molar-refractivity contribution in [2.75, 3.05) is 13.2 Å². The molecule has 0 aliphatic carbocycles. The van der Waals surface area contributed by atoms with Gasteiger partial charge in [0.25, 0.3) is 0 Å². The topological polar surface area (TPSA) is 34.4 Å². The minimum atomic E-state index is 0.00394. The lowest BCUT2D eigenvalue weighted by atomic mass is 9.95. The predicted molar refractivity (Wildman–Crippen MR) is 84.1 cm³/mol. The summed E-state index contributed by atoms with van der Waals surface area (Å²) in [6, 6.07) is 8.28. The van der Waals surface area contributed by atoms with Gasteiger partial charge in [-0.15, -0.1) is 0 Å². The number of ether oxygens (including phenoxy) is 1. The van der Waals surface area contributed by atoms with Crippen LogP contribution in [0.3, 0.4) is 0 Å². The summed E-state index contributed by atoms with van der Waals surface area (Å²) in [4.78, 5) is 0. The number of furan rings is 1. The molecule has 0 amide bonds. The van der Waals surface area contributed by atoms with Gasteiger partial charge < -0.3 is 14.5 Å². The maximum atomic E-state index is 6.20. The van der Waals surface area contributed by atoms with Crippen LogP contribution in [0.4, 0.5) is 0 Å². The van der Waals surface area contributed by atoms with E-state index in [0.717, 1.165) is 49.3 Å². The van der Waals surface area contributed by atoms with E-state index in [1.54, 1.807) is 6.26 Å². The molecule has 1 aliphatic heterocycles. The number of fused-ring (bicyclic) bond motifs is 1. The number of aryl methyl sites for hydroxylation is 1. The molecule has 1 aliphatic rings. The van der Waals surface area contributed by atoms with Crippen LogP contribution >= 0.6 is 11.6 Å². The summed E-state index contributed by atoms with van der Waals surface area (Å²) in [5.74, 6) is 1.01. The molecule has 112 valence electrons. The molecule has 1 aromatic carbocycles. The monoisotopic (exact) mass is 305 g/mol. The van der Waals surface area contributed by atoms with Crippen LogP contribution in [0, 0.1) is 0 Å². The Morgan fingerprint density at radius 3 is 2.95 bits per heavy atom. The van der Waals surface area contributed by atoms with Crippen molar-refractivity contribution >= 4 is 11.6 Å². The highest BCUT2D eigenvalue weighted by Crippen LogP contribution is 2.38. The summed E-state index contributed by atoms with van der Waals surface area (Å²) in [6.07, 6.45) is 4.84. The fraction of sp³-hybridized carbons (Fsp3) is 0.412. The minimum absolute atomic E-state index is 0.00394. The second-order valence-electron chi connectivity index (χ2n) is 5.32. The van der Waals surface area contributed by atoms with Crippen molar-refractivity contribution in [1.29, 1.82) is 0 Å². The molecule has 0 spiro atoms. The molecule has 2 heterocycles. The van der Waals surface area contributed by atoms with Crippen LogP contribution in [0.5, 0.6) is 5.75 Å². The summed E-state index contributed by atoms with van der Waals surface area (Å²) in [7, 11) is 0. The molecule has 2 aromatic rings. The van der Waals surface area contributed by atoms with Gasteiger partial charge in [0, 0.05) is 11.1 Å². The number of halogens is 1. The van der Waals surface area contributed by atoms with Crippen molar-refractivity contribution in [3.05, 3.63) is 52.4 Å². The Morgan fingerprint density at radius 2 is 2.19 bits per heavy atom. The molecule has 1 atom stereocenters. The fourth-order valence-corrected chi connectivity index (χ4v) is 3.05. The molecule has 0 bridgehead atoms. The van der Waals surface area contributed by atoms with Crippen molar-refractivity contribution in [3.63, 3.8) is 0 Å².